The lowest BCUT2D eigenvalue weighted by molar-refractivity contribution is -0.141. The highest BCUT2D eigenvalue weighted by atomic mass is 79.9. The Hall–Kier alpha value is -2.02. The second kappa shape index (κ2) is 8.58. The van der Waals surface area contributed by atoms with Crippen LogP contribution in [0, 0.1) is 0 Å². The van der Waals surface area contributed by atoms with Crippen molar-refractivity contribution in [3.63, 3.8) is 0 Å². The van der Waals surface area contributed by atoms with Gasteiger partial charge in [-0.3, -0.25) is 4.79 Å². The second-order valence-corrected chi connectivity index (χ2v) is 6.46. The minimum Gasteiger partial charge on any atom is -0.488 e. The molecule has 140 valence electrons. The molecule has 2 aromatic rings. The summed E-state index contributed by atoms with van der Waals surface area (Å²) in [4.78, 5) is 11.5. The van der Waals surface area contributed by atoms with Gasteiger partial charge in [-0.2, -0.15) is 13.2 Å². The molecule has 0 aromatic heterocycles. The van der Waals surface area contributed by atoms with Crippen LogP contribution in [-0.4, -0.2) is 13.1 Å². The van der Waals surface area contributed by atoms with Crippen LogP contribution in [0.15, 0.2) is 40.9 Å². The molecule has 0 radical (unpaired) electrons. The number of carbonyl (C=O) groups excluding carboxylic acids is 1. The minimum absolute atomic E-state index is 0.0723. The normalized spacial score (nSPS) is 11.3. The van der Waals surface area contributed by atoms with Crippen molar-refractivity contribution < 1.29 is 27.4 Å². The molecule has 0 aliphatic carbocycles. The van der Waals surface area contributed by atoms with Crippen LogP contribution < -0.4 is 4.74 Å². The molecular formula is C19H18BrF3O3. The van der Waals surface area contributed by atoms with Crippen LogP contribution in [0.3, 0.4) is 0 Å². The Bertz CT molecular complexity index is 788. The Morgan fingerprint density at radius 3 is 2.50 bits per heavy atom. The molecule has 0 spiro atoms. The highest BCUT2D eigenvalue weighted by Crippen LogP contribution is 2.35. The molecule has 0 saturated heterocycles. The number of aryl methyl sites for hydroxylation is 1. The summed E-state index contributed by atoms with van der Waals surface area (Å²) in [5.41, 5.74) is 0.413. The molecule has 2 aromatic carbocycles. The van der Waals surface area contributed by atoms with E-state index in [1.54, 1.807) is 6.07 Å². The van der Waals surface area contributed by atoms with Crippen molar-refractivity contribution in [2.75, 3.05) is 7.11 Å². The number of ether oxygens (including phenoxy) is 2. The van der Waals surface area contributed by atoms with E-state index in [-0.39, 0.29) is 24.2 Å². The van der Waals surface area contributed by atoms with E-state index < -0.39 is 17.7 Å². The number of esters is 1. The zero-order valence-corrected chi connectivity index (χ0v) is 15.9. The van der Waals surface area contributed by atoms with E-state index in [1.165, 1.54) is 19.2 Å². The fourth-order valence-corrected chi connectivity index (χ4v) is 3.04. The molecule has 3 nitrogen and oxygen atoms in total. The van der Waals surface area contributed by atoms with Gasteiger partial charge in [0, 0.05) is 5.56 Å². The van der Waals surface area contributed by atoms with Gasteiger partial charge in [0.2, 0.25) is 0 Å². The van der Waals surface area contributed by atoms with Crippen molar-refractivity contribution >= 4 is 21.9 Å². The van der Waals surface area contributed by atoms with Crippen LogP contribution in [0.4, 0.5) is 13.2 Å². The minimum atomic E-state index is -4.55. The predicted molar refractivity (Wildman–Crippen MR) is 95.0 cm³/mol. The molecule has 0 unspecified atom stereocenters. The molecule has 26 heavy (non-hydrogen) atoms. The molecule has 0 aliphatic rings. The first kappa shape index (κ1) is 20.3. The first-order valence-corrected chi connectivity index (χ1v) is 8.71. The van der Waals surface area contributed by atoms with Crippen molar-refractivity contribution in [1.82, 2.24) is 0 Å². The molecule has 0 heterocycles. The van der Waals surface area contributed by atoms with Gasteiger partial charge < -0.3 is 9.47 Å². The first-order chi connectivity index (χ1) is 12.3. The van der Waals surface area contributed by atoms with E-state index in [1.807, 2.05) is 19.1 Å². The molecule has 0 saturated carbocycles. The lowest BCUT2D eigenvalue weighted by Gasteiger charge is -2.18. The number of hydrogen-bond donors (Lipinski definition) is 0. The standard InChI is InChI=1S/C19H18BrF3O3/c1-3-12-7-8-17(16(20)9-12)26-11-14-13(10-18(24)25-2)5-4-6-15(14)19(21,22)23/h4-9H,3,10-11H2,1-2H3. The highest BCUT2D eigenvalue weighted by Gasteiger charge is 2.34. The Morgan fingerprint density at radius 1 is 1.19 bits per heavy atom. The largest absolute Gasteiger partial charge is 0.488 e. The van der Waals surface area contributed by atoms with Crippen LogP contribution in [-0.2, 0) is 35.2 Å². The molecular weight excluding hydrogens is 413 g/mol. The van der Waals surface area contributed by atoms with E-state index in [4.69, 9.17) is 4.74 Å². The van der Waals surface area contributed by atoms with Crippen LogP contribution in [0.25, 0.3) is 0 Å². The number of benzene rings is 2. The van der Waals surface area contributed by atoms with E-state index in [2.05, 4.69) is 20.7 Å². The number of halogens is 4. The Morgan fingerprint density at radius 2 is 1.92 bits per heavy atom. The third kappa shape index (κ3) is 5.00. The van der Waals surface area contributed by atoms with Crippen molar-refractivity contribution in [1.29, 1.82) is 0 Å². The van der Waals surface area contributed by atoms with Gasteiger partial charge in [-0.1, -0.05) is 25.1 Å². The molecule has 0 atom stereocenters. The van der Waals surface area contributed by atoms with Crippen molar-refractivity contribution in [3.05, 3.63) is 63.1 Å². The summed E-state index contributed by atoms with van der Waals surface area (Å²) in [5.74, 6) is -0.178. The van der Waals surface area contributed by atoms with Gasteiger partial charge >= 0.3 is 12.1 Å². The van der Waals surface area contributed by atoms with Crippen molar-refractivity contribution in [2.45, 2.75) is 32.5 Å². The number of carbonyl (C=O) groups is 1. The van der Waals surface area contributed by atoms with Gasteiger partial charge in [0.15, 0.2) is 0 Å². The third-order valence-electron chi connectivity index (χ3n) is 3.92. The zero-order chi connectivity index (χ0) is 19.3. The molecule has 2 rings (SSSR count). The average molecular weight is 431 g/mol. The summed E-state index contributed by atoms with van der Waals surface area (Å²) in [5, 5.41) is 0. The van der Waals surface area contributed by atoms with Crippen LogP contribution in [0.5, 0.6) is 5.75 Å². The SMILES string of the molecule is CCc1ccc(OCc2c(CC(=O)OC)cccc2C(F)(F)F)c(Br)c1. The quantitative estimate of drug-likeness (QED) is 0.581. The summed E-state index contributed by atoms with van der Waals surface area (Å²) in [6, 6.07) is 9.15. The van der Waals surface area contributed by atoms with E-state index in [9.17, 15) is 18.0 Å². The molecule has 7 heteroatoms. The summed E-state index contributed by atoms with van der Waals surface area (Å²) < 4.78 is 51.0. The third-order valence-corrected chi connectivity index (χ3v) is 4.54. The van der Waals surface area contributed by atoms with Gasteiger partial charge in [-0.15, -0.1) is 0 Å². The number of rotatable bonds is 6. The first-order valence-electron chi connectivity index (χ1n) is 7.92. The van der Waals surface area contributed by atoms with Crippen LogP contribution in [0.1, 0.15) is 29.2 Å². The molecule has 0 amide bonds. The van der Waals surface area contributed by atoms with Crippen molar-refractivity contribution in [3.8, 4) is 5.75 Å². The monoisotopic (exact) mass is 430 g/mol. The number of methoxy groups -OCH3 is 1. The maximum atomic E-state index is 13.4. The lowest BCUT2D eigenvalue weighted by Crippen LogP contribution is -2.15. The fourth-order valence-electron chi connectivity index (χ4n) is 2.50. The number of hydrogen-bond acceptors (Lipinski definition) is 3. The Kier molecular flexibility index (Phi) is 6.69. The molecule has 0 N–H and O–H groups in total. The van der Waals surface area contributed by atoms with Gasteiger partial charge in [0.05, 0.1) is 23.6 Å². The molecule has 0 fully saturated rings. The number of alkyl halides is 3. The van der Waals surface area contributed by atoms with Gasteiger partial charge in [0.25, 0.3) is 0 Å². The summed E-state index contributed by atoms with van der Waals surface area (Å²) in [6.07, 6.45) is -3.97. The van der Waals surface area contributed by atoms with Crippen LogP contribution in [0.2, 0.25) is 0 Å². The summed E-state index contributed by atoms with van der Waals surface area (Å²) in [6.45, 7) is 1.69. The van der Waals surface area contributed by atoms with Gasteiger partial charge in [-0.05, 0) is 51.7 Å². The van der Waals surface area contributed by atoms with Gasteiger partial charge in [-0.25, -0.2) is 0 Å². The lowest BCUT2D eigenvalue weighted by atomic mass is 9.99. The Balaban J connectivity index is 2.35. The topological polar surface area (TPSA) is 35.5 Å². The van der Waals surface area contributed by atoms with E-state index >= 15 is 0 Å². The average Bonchev–Trinajstić information content (AvgIpc) is 2.60. The predicted octanol–water partition coefficient (Wildman–Crippen LogP) is 5.32. The maximum absolute atomic E-state index is 13.4. The summed E-state index contributed by atoms with van der Waals surface area (Å²) in [7, 11) is 1.19. The van der Waals surface area contributed by atoms with Crippen LogP contribution >= 0.6 is 15.9 Å². The second-order valence-electron chi connectivity index (χ2n) is 5.60. The smallest absolute Gasteiger partial charge is 0.416 e. The zero-order valence-electron chi connectivity index (χ0n) is 14.3. The summed E-state index contributed by atoms with van der Waals surface area (Å²) >= 11 is 3.37. The van der Waals surface area contributed by atoms with E-state index in [0.717, 1.165) is 18.1 Å². The Labute approximate surface area is 158 Å². The molecule has 0 aliphatic heterocycles. The van der Waals surface area contributed by atoms with Gasteiger partial charge in [0.1, 0.15) is 12.4 Å². The maximum Gasteiger partial charge on any atom is 0.416 e. The van der Waals surface area contributed by atoms with Crippen molar-refractivity contribution in [2.24, 2.45) is 0 Å². The van der Waals surface area contributed by atoms with E-state index in [0.29, 0.717) is 10.2 Å². The molecule has 0 bridgehead atoms. The fraction of sp³-hybridized carbons (Fsp3) is 0.316. The highest BCUT2D eigenvalue weighted by molar-refractivity contribution is 9.10.